The highest BCUT2D eigenvalue weighted by Gasteiger charge is 2.35. The van der Waals surface area contributed by atoms with Gasteiger partial charge in [0.25, 0.3) is 0 Å². The molecule has 2 atom stereocenters. The lowest BCUT2D eigenvalue weighted by molar-refractivity contribution is -0.140. The van der Waals surface area contributed by atoms with Crippen molar-refractivity contribution < 1.29 is 24.6 Å². The van der Waals surface area contributed by atoms with E-state index in [9.17, 15) is 19.5 Å². The Labute approximate surface area is 104 Å². The number of aliphatic hydroxyl groups is 1. The Morgan fingerprint density at radius 1 is 1.50 bits per heavy atom. The number of carboxylic acids is 1. The van der Waals surface area contributed by atoms with E-state index in [1.807, 2.05) is 0 Å². The number of carbonyl (C=O) groups is 3. The van der Waals surface area contributed by atoms with Crippen LogP contribution in [-0.4, -0.2) is 57.8 Å². The first-order valence-electron chi connectivity index (χ1n) is 5.50. The molecule has 8 nitrogen and oxygen atoms in total. The zero-order chi connectivity index (χ0) is 13.9. The molecule has 1 saturated heterocycles. The zero-order valence-corrected chi connectivity index (χ0v) is 10.0. The van der Waals surface area contributed by atoms with Gasteiger partial charge in [-0.1, -0.05) is 0 Å². The fourth-order valence-corrected chi connectivity index (χ4v) is 1.76. The first-order valence-corrected chi connectivity index (χ1v) is 5.50. The summed E-state index contributed by atoms with van der Waals surface area (Å²) < 4.78 is 0. The lowest BCUT2D eigenvalue weighted by Crippen LogP contribution is -2.49. The van der Waals surface area contributed by atoms with Gasteiger partial charge < -0.3 is 26.2 Å². The monoisotopic (exact) mass is 259 g/mol. The minimum absolute atomic E-state index is 0.127. The molecule has 1 aliphatic rings. The Bertz CT molecular complexity index is 369. The lowest BCUT2D eigenvalue weighted by Gasteiger charge is -2.21. The van der Waals surface area contributed by atoms with Crippen LogP contribution in [0.1, 0.15) is 19.8 Å². The second kappa shape index (κ2) is 5.21. The summed E-state index contributed by atoms with van der Waals surface area (Å²) in [7, 11) is 0. The molecule has 102 valence electrons. The Kier molecular flexibility index (Phi) is 4.12. The normalized spacial score (nSPS) is 24.7. The van der Waals surface area contributed by atoms with Crippen molar-refractivity contribution in [1.29, 1.82) is 0 Å². The molecule has 1 rings (SSSR count). The van der Waals surface area contributed by atoms with Gasteiger partial charge in [-0.25, -0.2) is 9.59 Å². The van der Waals surface area contributed by atoms with Gasteiger partial charge >= 0.3 is 12.0 Å². The van der Waals surface area contributed by atoms with Crippen LogP contribution >= 0.6 is 0 Å². The van der Waals surface area contributed by atoms with Crippen LogP contribution in [0.15, 0.2) is 0 Å². The van der Waals surface area contributed by atoms with Crippen molar-refractivity contribution in [1.82, 2.24) is 10.2 Å². The van der Waals surface area contributed by atoms with Gasteiger partial charge in [-0.2, -0.15) is 0 Å². The second-order valence-electron chi connectivity index (χ2n) is 4.68. The summed E-state index contributed by atoms with van der Waals surface area (Å²) in [5.74, 6) is -2.13. The van der Waals surface area contributed by atoms with Crippen molar-refractivity contribution in [3.05, 3.63) is 0 Å². The number of β-amino-alcohol motifs (C(OH)–C–C–N with tert-alkyl or cyclic N) is 1. The SMILES string of the molecule is CC1(O)CCN(C(=O)N[C@@H](CC(N)=O)C(=O)O)C1. The predicted molar refractivity (Wildman–Crippen MR) is 60.6 cm³/mol. The fraction of sp³-hybridized carbons (Fsp3) is 0.700. The van der Waals surface area contributed by atoms with Crippen LogP contribution in [0.3, 0.4) is 0 Å². The number of likely N-dealkylation sites (tertiary alicyclic amines) is 1. The van der Waals surface area contributed by atoms with E-state index < -0.39 is 36.0 Å². The number of nitrogens with one attached hydrogen (secondary N) is 1. The maximum atomic E-state index is 11.7. The molecule has 0 radical (unpaired) electrons. The smallest absolute Gasteiger partial charge is 0.326 e. The van der Waals surface area contributed by atoms with Gasteiger partial charge in [0.05, 0.1) is 18.6 Å². The molecule has 0 aromatic carbocycles. The average molecular weight is 259 g/mol. The highest BCUT2D eigenvalue weighted by molar-refractivity contribution is 5.87. The number of amides is 3. The van der Waals surface area contributed by atoms with E-state index in [-0.39, 0.29) is 6.54 Å². The number of hydrogen-bond acceptors (Lipinski definition) is 4. The molecule has 1 unspecified atom stereocenters. The summed E-state index contributed by atoms with van der Waals surface area (Å²) in [5, 5.41) is 20.7. The van der Waals surface area contributed by atoms with E-state index in [4.69, 9.17) is 10.8 Å². The Hall–Kier alpha value is -1.83. The number of nitrogens with two attached hydrogens (primary N) is 1. The maximum absolute atomic E-state index is 11.7. The standard InChI is InChI=1S/C10H17N3O5/c1-10(18)2-3-13(5-10)9(17)12-6(8(15)16)4-7(11)14/h6,18H,2-5H2,1H3,(H2,11,14)(H,12,17)(H,15,16)/t6-,10?/m0/s1. The van der Waals surface area contributed by atoms with Crippen molar-refractivity contribution in [2.45, 2.75) is 31.4 Å². The molecule has 0 aromatic heterocycles. The molecule has 1 aliphatic heterocycles. The second-order valence-corrected chi connectivity index (χ2v) is 4.68. The van der Waals surface area contributed by atoms with Crippen LogP contribution in [-0.2, 0) is 9.59 Å². The van der Waals surface area contributed by atoms with Gasteiger partial charge in [-0.15, -0.1) is 0 Å². The minimum atomic E-state index is -1.35. The zero-order valence-electron chi connectivity index (χ0n) is 10.0. The third-order valence-corrected chi connectivity index (χ3v) is 2.74. The lowest BCUT2D eigenvalue weighted by atomic mass is 10.1. The van der Waals surface area contributed by atoms with Crippen molar-refractivity contribution in [2.24, 2.45) is 5.73 Å². The van der Waals surface area contributed by atoms with Crippen molar-refractivity contribution in [2.75, 3.05) is 13.1 Å². The Morgan fingerprint density at radius 2 is 2.11 bits per heavy atom. The third kappa shape index (κ3) is 3.88. The van der Waals surface area contributed by atoms with Gasteiger partial charge in [0, 0.05) is 6.54 Å². The van der Waals surface area contributed by atoms with Crippen LogP contribution in [0.5, 0.6) is 0 Å². The summed E-state index contributed by atoms with van der Waals surface area (Å²) in [6, 6.07) is -1.97. The fourth-order valence-electron chi connectivity index (χ4n) is 1.76. The topological polar surface area (TPSA) is 133 Å². The number of carboxylic acid groups (broad SMARTS) is 1. The van der Waals surface area contributed by atoms with Gasteiger partial charge in [-0.3, -0.25) is 4.79 Å². The van der Waals surface area contributed by atoms with Crippen LogP contribution in [0.4, 0.5) is 4.79 Å². The molecule has 1 fully saturated rings. The number of urea groups is 1. The van der Waals surface area contributed by atoms with E-state index in [1.54, 1.807) is 6.92 Å². The number of carbonyl (C=O) groups excluding carboxylic acids is 2. The molecule has 1 heterocycles. The number of aliphatic carboxylic acids is 1. The molecule has 0 spiro atoms. The van der Waals surface area contributed by atoms with Gasteiger partial charge in [0.2, 0.25) is 5.91 Å². The van der Waals surface area contributed by atoms with Gasteiger partial charge in [-0.05, 0) is 13.3 Å². The highest BCUT2D eigenvalue weighted by Crippen LogP contribution is 2.20. The molecular weight excluding hydrogens is 242 g/mol. The summed E-state index contributed by atoms with van der Waals surface area (Å²) in [6.45, 7) is 2.06. The van der Waals surface area contributed by atoms with E-state index in [2.05, 4.69) is 5.32 Å². The molecule has 5 N–H and O–H groups in total. The molecule has 0 aromatic rings. The number of hydrogen-bond donors (Lipinski definition) is 4. The number of rotatable bonds is 4. The molecule has 0 aliphatic carbocycles. The van der Waals surface area contributed by atoms with Crippen LogP contribution in [0.2, 0.25) is 0 Å². The molecule has 18 heavy (non-hydrogen) atoms. The molecule has 0 bridgehead atoms. The van der Waals surface area contributed by atoms with E-state index in [0.717, 1.165) is 0 Å². The quantitative estimate of drug-likeness (QED) is 0.486. The molecule has 8 heteroatoms. The number of nitrogens with zero attached hydrogens (tertiary/aromatic N) is 1. The summed E-state index contributed by atoms with van der Waals surface area (Å²) in [4.78, 5) is 34.5. The largest absolute Gasteiger partial charge is 0.480 e. The summed E-state index contributed by atoms with van der Waals surface area (Å²) in [5.41, 5.74) is 3.94. The van der Waals surface area contributed by atoms with Crippen molar-refractivity contribution in [3.8, 4) is 0 Å². The van der Waals surface area contributed by atoms with Crippen LogP contribution in [0.25, 0.3) is 0 Å². The first-order chi connectivity index (χ1) is 8.21. The molecule has 3 amide bonds. The van der Waals surface area contributed by atoms with Gasteiger partial charge in [0.15, 0.2) is 0 Å². The Balaban J connectivity index is 2.57. The summed E-state index contributed by atoms with van der Waals surface area (Å²) >= 11 is 0. The average Bonchev–Trinajstić information content (AvgIpc) is 2.57. The Morgan fingerprint density at radius 3 is 2.50 bits per heavy atom. The summed E-state index contributed by atoms with van der Waals surface area (Å²) in [6.07, 6.45) is -0.0424. The van der Waals surface area contributed by atoms with Gasteiger partial charge in [0.1, 0.15) is 6.04 Å². The third-order valence-electron chi connectivity index (χ3n) is 2.74. The number of primary amides is 1. The molecule has 0 saturated carbocycles. The van der Waals surface area contributed by atoms with Crippen molar-refractivity contribution in [3.63, 3.8) is 0 Å². The predicted octanol–water partition coefficient (Wildman–Crippen LogP) is -1.52. The minimum Gasteiger partial charge on any atom is -0.480 e. The van der Waals surface area contributed by atoms with Crippen LogP contribution < -0.4 is 11.1 Å². The van der Waals surface area contributed by atoms with E-state index >= 15 is 0 Å². The maximum Gasteiger partial charge on any atom is 0.326 e. The molecular formula is C10H17N3O5. The van der Waals surface area contributed by atoms with Crippen molar-refractivity contribution >= 4 is 17.9 Å². The first kappa shape index (κ1) is 14.2. The highest BCUT2D eigenvalue weighted by atomic mass is 16.4. The van der Waals surface area contributed by atoms with E-state index in [0.29, 0.717) is 13.0 Å². The van der Waals surface area contributed by atoms with Crippen LogP contribution in [0, 0.1) is 0 Å². The van der Waals surface area contributed by atoms with E-state index in [1.165, 1.54) is 4.90 Å².